The molecule has 1 atom stereocenters. The summed E-state index contributed by atoms with van der Waals surface area (Å²) in [5.74, 6) is 0. The highest BCUT2D eigenvalue weighted by Gasteiger charge is 2.34. The van der Waals surface area contributed by atoms with Crippen molar-refractivity contribution in [3.63, 3.8) is 0 Å². The van der Waals surface area contributed by atoms with Gasteiger partial charge in [-0.25, -0.2) is 0 Å². The summed E-state index contributed by atoms with van der Waals surface area (Å²) in [6.07, 6.45) is -0.375. The van der Waals surface area contributed by atoms with Crippen LogP contribution in [0, 0.1) is 6.92 Å². The van der Waals surface area contributed by atoms with Crippen LogP contribution in [0.15, 0.2) is 18.2 Å². The topological polar surface area (TPSA) is 0 Å². The third-order valence-electron chi connectivity index (χ3n) is 4.10. The normalized spacial score (nSPS) is 15.3. The maximum absolute atomic E-state index is 13.0. The first-order valence-electron chi connectivity index (χ1n) is 6.93. The number of alkyl halides is 3. The van der Waals surface area contributed by atoms with E-state index >= 15 is 0 Å². The lowest BCUT2D eigenvalue weighted by Gasteiger charge is -2.30. The van der Waals surface area contributed by atoms with Crippen LogP contribution in [0.4, 0.5) is 13.2 Å². The van der Waals surface area contributed by atoms with Crippen LogP contribution in [-0.4, -0.2) is 0 Å². The summed E-state index contributed by atoms with van der Waals surface area (Å²) in [5.41, 5.74) is 0.441. The number of rotatable bonds is 5. The number of hydrogen-bond donors (Lipinski definition) is 0. The van der Waals surface area contributed by atoms with Gasteiger partial charge in [0.05, 0.1) is 5.56 Å². The number of unbranched alkanes of at least 4 members (excludes halogenated alkanes) is 1. The van der Waals surface area contributed by atoms with E-state index in [0.29, 0.717) is 5.56 Å². The van der Waals surface area contributed by atoms with Crippen LogP contribution >= 0.6 is 0 Å². The summed E-state index contributed by atoms with van der Waals surface area (Å²) in [5, 5.41) is 0. The third kappa shape index (κ3) is 3.74. The van der Waals surface area contributed by atoms with E-state index in [1.807, 2.05) is 13.0 Å². The molecular weight excluding hydrogens is 249 g/mol. The predicted molar refractivity (Wildman–Crippen MR) is 73.3 cm³/mol. The molecule has 0 heterocycles. The molecule has 0 aliphatic rings. The highest BCUT2D eigenvalue weighted by atomic mass is 19.4. The van der Waals surface area contributed by atoms with Crippen molar-refractivity contribution < 1.29 is 13.2 Å². The van der Waals surface area contributed by atoms with Gasteiger partial charge in [0, 0.05) is 0 Å². The van der Waals surface area contributed by atoms with Crippen LogP contribution in [0.3, 0.4) is 0 Å². The number of aryl methyl sites for hydroxylation is 1. The van der Waals surface area contributed by atoms with Gasteiger partial charge >= 0.3 is 6.18 Å². The number of benzene rings is 1. The number of halogens is 3. The van der Waals surface area contributed by atoms with Crippen LogP contribution < -0.4 is 0 Å². The molecule has 0 saturated heterocycles. The van der Waals surface area contributed by atoms with Gasteiger partial charge in [-0.15, -0.1) is 0 Å². The zero-order valence-electron chi connectivity index (χ0n) is 12.2. The summed E-state index contributed by atoms with van der Waals surface area (Å²) < 4.78 is 38.9. The molecule has 19 heavy (non-hydrogen) atoms. The highest BCUT2D eigenvalue weighted by Crippen LogP contribution is 2.38. The molecule has 1 unspecified atom stereocenters. The van der Waals surface area contributed by atoms with Crippen LogP contribution in [0.1, 0.15) is 63.1 Å². The molecule has 108 valence electrons. The molecule has 0 nitrogen and oxygen atoms in total. The summed E-state index contributed by atoms with van der Waals surface area (Å²) in [6.45, 7) is 7.73. The molecule has 0 aromatic heterocycles. The van der Waals surface area contributed by atoms with Gasteiger partial charge in [0.25, 0.3) is 0 Å². The minimum Gasteiger partial charge on any atom is -0.166 e. The summed E-state index contributed by atoms with van der Waals surface area (Å²) >= 11 is 0. The molecule has 1 rings (SSSR count). The Bertz CT molecular complexity index is 420. The van der Waals surface area contributed by atoms with Gasteiger partial charge in [-0.2, -0.15) is 13.2 Å². The molecule has 0 N–H and O–H groups in total. The zero-order chi connectivity index (χ0) is 14.7. The average molecular weight is 272 g/mol. The third-order valence-corrected chi connectivity index (χ3v) is 4.10. The van der Waals surface area contributed by atoms with Crippen molar-refractivity contribution >= 4 is 0 Å². The predicted octanol–water partition coefficient (Wildman–Crippen LogP) is 5.87. The fraction of sp³-hybridized carbons (Fsp3) is 0.625. The summed E-state index contributed by atoms with van der Waals surface area (Å²) in [7, 11) is 0. The average Bonchev–Trinajstić information content (AvgIpc) is 2.35. The van der Waals surface area contributed by atoms with E-state index in [1.165, 1.54) is 13.0 Å². The van der Waals surface area contributed by atoms with Crippen LogP contribution in [-0.2, 0) is 11.6 Å². The van der Waals surface area contributed by atoms with E-state index in [1.54, 1.807) is 6.07 Å². The van der Waals surface area contributed by atoms with Crippen molar-refractivity contribution in [2.75, 3.05) is 0 Å². The molecule has 0 aliphatic carbocycles. The Morgan fingerprint density at radius 3 is 2.21 bits per heavy atom. The van der Waals surface area contributed by atoms with Crippen molar-refractivity contribution in [2.24, 2.45) is 0 Å². The van der Waals surface area contributed by atoms with E-state index in [0.717, 1.165) is 31.2 Å². The van der Waals surface area contributed by atoms with Crippen LogP contribution in [0.2, 0.25) is 0 Å². The molecule has 0 bridgehead atoms. The largest absolute Gasteiger partial charge is 0.416 e. The Labute approximate surface area is 114 Å². The summed E-state index contributed by atoms with van der Waals surface area (Å²) in [4.78, 5) is 0. The lowest BCUT2D eigenvalue weighted by atomic mass is 9.75. The molecule has 1 aromatic rings. The molecule has 1 aromatic carbocycles. The first kappa shape index (κ1) is 16.1. The molecule has 3 heteroatoms. The van der Waals surface area contributed by atoms with Gasteiger partial charge in [0.15, 0.2) is 0 Å². The first-order chi connectivity index (χ1) is 8.74. The standard InChI is InChI=1S/C16H23F3/c1-5-7-10-15(4,6-2)13-9-8-12(3)14(11-13)16(17,18)19/h8-9,11H,5-7,10H2,1-4H3. The van der Waals surface area contributed by atoms with Crippen LogP contribution in [0.25, 0.3) is 0 Å². The van der Waals surface area contributed by atoms with Gasteiger partial charge in [-0.3, -0.25) is 0 Å². The van der Waals surface area contributed by atoms with E-state index in [-0.39, 0.29) is 5.41 Å². The molecule has 0 radical (unpaired) electrons. The second-order valence-electron chi connectivity index (χ2n) is 5.55. The Kier molecular flexibility index (Phi) is 5.05. The van der Waals surface area contributed by atoms with E-state index in [2.05, 4.69) is 13.8 Å². The van der Waals surface area contributed by atoms with Gasteiger partial charge < -0.3 is 0 Å². The molecule has 0 amide bonds. The molecule has 0 saturated carbocycles. The second kappa shape index (κ2) is 5.98. The van der Waals surface area contributed by atoms with Crippen LogP contribution in [0.5, 0.6) is 0 Å². The maximum Gasteiger partial charge on any atom is 0.416 e. The SMILES string of the molecule is CCCCC(C)(CC)c1ccc(C)c(C(F)(F)F)c1. The minimum atomic E-state index is -4.26. The molecular formula is C16H23F3. The zero-order valence-corrected chi connectivity index (χ0v) is 12.2. The van der Waals surface area contributed by atoms with Crippen molar-refractivity contribution in [2.45, 2.75) is 65.0 Å². The molecule has 0 aliphatic heterocycles. The second-order valence-corrected chi connectivity index (χ2v) is 5.55. The molecule has 0 spiro atoms. The van der Waals surface area contributed by atoms with E-state index in [9.17, 15) is 13.2 Å². The lowest BCUT2D eigenvalue weighted by Crippen LogP contribution is -2.22. The van der Waals surface area contributed by atoms with Crippen molar-refractivity contribution in [3.8, 4) is 0 Å². The smallest absolute Gasteiger partial charge is 0.166 e. The van der Waals surface area contributed by atoms with Crippen molar-refractivity contribution in [1.82, 2.24) is 0 Å². The Hall–Kier alpha value is -0.990. The lowest BCUT2D eigenvalue weighted by molar-refractivity contribution is -0.138. The quantitative estimate of drug-likeness (QED) is 0.628. The monoisotopic (exact) mass is 272 g/mol. The van der Waals surface area contributed by atoms with Crippen molar-refractivity contribution in [1.29, 1.82) is 0 Å². The Morgan fingerprint density at radius 1 is 1.11 bits per heavy atom. The van der Waals surface area contributed by atoms with Gasteiger partial charge in [0.2, 0.25) is 0 Å². The van der Waals surface area contributed by atoms with E-state index in [4.69, 9.17) is 0 Å². The fourth-order valence-corrected chi connectivity index (χ4v) is 2.40. The van der Waals surface area contributed by atoms with E-state index < -0.39 is 11.7 Å². The molecule has 0 fully saturated rings. The highest BCUT2D eigenvalue weighted by molar-refractivity contribution is 5.36. The number of hydrogen-bond acceptors (Lipinski definition) is 0. The fourth-order valence-electron chi connectivity index (χ4n) is 2.40. The summed E-state index contributed by atoms with van der Waals surface area (Å²) in [6, 6.07) is 4.79. The first-order valence-corrected chi connectivity index (χ1v) is 6.93. The Balaban J connectivity index is 3.19. The van der Waals surface area contributed by atoms with Gasteiger partial charge in [-0.1, -0.05) is 45.7 Å². The van der Waals surface area contributed by atoms with Crippen molar-refractivity contribution in [3.05, 3.63) is 34.9 Å². The van der Waals surface area contributed by atoms with Gasteiger partial charge in [-0.05, 0) is 42.4 Å². The van der Waals surface area contributed by atoms with Gasteiger partial charge in [0.1, 0.15) is 0 Å². The Morgan fingerprint density at radius 2 is 1.74 bits per heavy atom. The maximum atomic E-state index is 13.0. The minimum absolute atomic E-state index is 0.163.